The van der Waals surface area contributed by atoms with E-state index in [0.29, 0.717) is 24.4 Å². The standard InChI is InChI=1S/C21H22N2O3/c24-20(19-11-5-13-26-19)22-17-9-3-7-16(14-17)21(25)23-12-4-8-15-6-1-2-10-18(15)23/h1-3,6-7,9-10,14,19H,4-5,8,11-13H2,(H,22,24)/t19-/m1/s1. The predicted octanol–water partition coefficient (Wildman–Crippen LogP) is 3.40. The van der Waals surface area contributed by atoms with Gasteiger partial charge in [0, 0.05) is 30.1 Å². The number of para-hydroxylation sites is 1. The zero-order chi connectivity index (χ0) is 17.9. The number of amides is 2. The van der Waals surface area contributed by atoms with Crippen LogP contribution in [0.3, 0.4) is 0 Å². The quantitative estimate of drug-likeness (QED) is 0.923. The van der Waals surface area contributed by atoms with Crippen LogP contribution in [0, 0.1) is 0 Å². The van der Waals surface area contributed by atoms with Crippen LogP contribution in [-0.4, -0.2) is 31.1 Å². The molecule has 0 spiro atoms. The summed E-state index contributed by atoms with van der Waals surface area (Å²) in [5.74, 6) is -0.180. The Balaban J connectivity index is 1.53. The number of hydrogen-bond acceptors (Lipinski definition) is 3. The Kier molecular flexibility index (Phi) is 4.71. The molecule has 2 amide bonds. The van der Waals surface area contributed by atoms with E-state index in [4.69, 9.17) is 4.74 Å². The maximum atomic E-state index is 13.0. The van der Waals surface area contributed by atoms with E-state index in [1.54, 1.807) is 24.3 Å². The summed E-state index contributed by atoms with van der Waals surface area (Å²) in [6.45, 7) is 1.34. The molecule has 1 saturated heterocycles. The third-order valence-corrected chi connectivity index (χ3v) is 4.95. The summed E-state index contributed by atoms with van der Waals surface area (Å²) in [6, 6.07) is 15.2. The molecule has 2 aromatic rings. The van der Waals surface area contributed by atoms with Gasteiger partial charge in [0.25, 0.3) is 11.8 Å². The van der Waals surface area contributed by atoms with Gasteiger partial charge in [-0.2, -0.15) is 0 Å². The number of carbonyl (C=O) groups excluding carboxylic acids is 2. The number of benzene rings is 2. The number of rotatable bonds is 3. The van der Waals surface area contributed by atoms with E-state index in [0.717, 1.165) is 31.4 Å². The van der Waals surface area contributed by atoms with Crippen molar-refractivity contribution in [3.63, 3.8) is 0 Å². The predicted molar refractivity (Wildman–Crippen MR) is 100 cm³/mol. The van der Waals surface area contributed by atoms with Crippen molar-refractivity contribution < 1.29 is 14.3 Å². The fourth-order valence-electron chi connectivity index (χ4n) is 3.64. The summed E-state index contributed by atoms with van der Waals surface area (Å²) in [4.78, 5) is 27.1. The molecule has 0 unspecified atom stereocenters. The summed E-state index contributed by atoms with van der Waals surface area (Å²) in [6.07, 6.45) is 3.22. The highest BCUT2D eigenvalue weighted by molar-refractivity contribution is 6.07. The fourth-order valence-corrected chi connectivity index (χ4v) is 3.64. The van der Waals surface area contributed by atoms with E-state index in [1.807, 2.05) is 23.1 Å². The summed E-state index contributed by atoms with van der Waals surface area (Å²) in [7, 11) is 0. The van der Waals surface area contributed by atoms with Gasteiger partial charge < -0.3 is 15.0 Å². The number of nitrogens with one attached hydrogen (secondary N) is 1. The minimum atomic E-state index is -0.386. The van der Waals surface area contributed by atoms with E-state index in [-0.39, 0.29) is 17.9 Å². The number of aryl methyl sites for hydroxylation is 1. The highest BCUT2D eigenvalue weighted by Crippen LogP contribution is 2.28. The van der Waals surface area contributed by atoms with Crippen LogP contribution in [0.2, 0.25) is 0 Å². The van der Waals surface area contributed by atoms with E-state index in [9.17, 15) is 9.59 Å². The van der Waals surface area contributed by atoms with Crippen molar-refractivity contribution in [2.24, 2.45) is 0 Å². The monoisotopic (exact) mass is 350 g/mol. The first-order chi connectivity index (χ1) is 12.7. The molecule has 5 nitrogen and oxygen atoms in total. The molecule has 2 heterocycles. The van der Waals surface area contributed by atoms with Gasteiger partial charge in [0.1, 0.15) is 6.10 Å². The van der Waals surface area contributed by atoms with Crippen molar-refractivity contribution in [2.45, 2.75) is 31.8 Å². The Hall–Kier alpha value is -2.66. The van der Waals surface area contributed by atoms with Gasteiger partial charge in [-0.3, -0.25) is 9.59 Å². The van der Waals surface area contributed by atoms with Gasteiger partial charge in [-0.15, -0.1) is 0 Å². The second kappa shape index (κ2) is 7.30. The lowest BCUT2D eigenvalue weighted by Gasteiger charge is -2.29. The van der Waals surface area contributed by atoms with Gasteiger partial charge in [0.2, 0.25) is 0 Å². The molecule has 134 valence electrons. The summed E-state index contributed by atoms with van der Waals surface area (Å²) >= 11 is 0. The molecule has 1 fully saturated rings. The highest BCUT2D eigenvalue weighted by atomic mass is 16.5. The molecular formula is C21H22N2O3. The van der Waals surface area contributed by atoms with Gasteiger partial charge >= 0.3 is 0 Å². The van der Waals surface area contributed by atoms with Crippen LogP contribution in [0.4, 0.5) is 11.4 Å². The Bertz CT molecular complexity index is 828. The second-order valence-corrected chi connectivity index (χ2v) is 6.76. The first-order valence-corrected chi connectivity index (χ1v) is 9.15. The zero-order valence-corrected chi connectivity index (χ0v) is 14.6. The molecule has 0 aliphatic carbocycles. The molecule has 2 aliphatic heterocycles. The lowest BCUT2D eigenvalue weighted by molar-refractivity contribution is -0.124. The molecule has 0 aromatic heterocycles. The van der Waals surface area contributed by atoms with Crippen molar-refractivity contribution in [1.29, 1.82) is 0 Å². The number of nitrogens with zero attached hydrogens (tertiary/aromatic N) is 1. The van der Waals surface area contributed by atoms with Crippen LogP contribution < -0.4 is 10.2 Å². The average Bonchev–Trinajstić information content (AvgIpc) is 3.22. The number of hydrogen-bond donors (Lipinski definition) is 1. The Morgan fingerprint density at radius 1 is 1.08 bits per heavy atom. The van der Waals surface area contributed by atoms with Crippen molar-refractivity contribution in [3.8, 4) is 0 Å². The molecule has 1 N–H and O–H groups in total. The Morgan fingerprint density at radius 2 is 1.96 bits per heavy atom. The van der Waals surface area contributed by atoms with Crippen molar-refractivity contribution in [2.75, 3.05) is 23.4 Å². The van der Waals surface area contributed by atoms with Crippen LogP contribution in [0.1, 0.15) is 35.2 Å². The number of ether oxygens (including phenoxy) is 1. The maximum absolute atomic E-state index is 13.0. The van der Waals surface area contributed by atoms with Crippen LogP contribution in [0.15, 0.2) is 48.5 Å². The van der Waals surface area contributed by atoms with Crippen molar-refractivity contribution >= 4 is 23.2 Å². The van der Waals surface area contributed by atoms with Gasteiger partial charge in [0.15, 0.2) is 0 Å². The zero-order valence-electron chi connectivity index (χ0n) is 14.6. The normalized spacial score (nSPS) is 19.1. The SMILES string of the molecule is O=C(Nc1cccc(C(=O)N2CCCc3ccccc32)c1)[C@H]1CCCO1. The third-order valence-electron chi connectivity index (χ3n) is 4.95. The molecule has 0 bridgehead atoms. The van der Waals surface area contributed by atoms with E-state index >= 15 is 0 Å². The Labute approximate surface area is 153 Å². The molecule has 5 heteroatoms. The lowest BCUT2D eigenvalue weighted by Crippen LogP contribution is -2.35. The highest BCUT2D eigenvalue weighted by Gasteiger charge is 2.25. The molecule has 0 saturated carbocycles. The summed E-state index contributed by atoms with van der Waals surface area (Å²) < 4.78 is 5.41. The smallest absolute Gasteiger partial charge is 0.258 e. The van der Waals surface area contributed by atoms with Crippen LogP contribution in [-0.2, 0) is 16.0 Å². The summed E-state index contributed by atoms with van der Waals surface area (Å²) in [5.41, 5.74) is 3.39. The topological polar surface area (TPSA) is 58.6 Å². The van der Waals surface area contributed by atoms with Crippen molar-refractivity contribution in [1.82, 2.24) is 0 Å². The molecule has 0 radical (unpaired) electrons. The molecule has 4 rings (SSSR count). The van der Waals surface area contributed by atoms with E-state index < -0.39 is 0 Å². The first kappa shape index (κ1) is 16.8. The van der Waals surface area contributed by atoms with E-state index in [2.05, 4.69) is 11.4 Å². The number of fused-ring (bicyclic) bond motifs is 1. The van der Waals surface area contributed by atoms with Gasteiger partial charge in [-0.1, -0.05) is 24.3 Å². The van der Waals surface area contributed by atoms with Gasteiger partial charge in [-0.25, -0.2) is 0 Å². The van der Waals surface area contributed by atoms with Gasteiger partial charge in [0.05, 0.1) is 0 Å². The summed E-state index contributed by atoms with van der Waals surface area (Å²) in [5, 5.41) is 2.87. The maximum Gasteiger partial charge on any atom is 0.258 e. The van der Waals surface area contributed by atoms with Crippen LogP contribution in [0.25, 0.3) is 0 Å². The molecule has 2 aromatic carbocycles. The minimum Gasteiger partial charge on any atom is -0.368 e. The fraction of sp³-hybridized carbons (Fsp3) is 0.333. The first-order valence-electron chi connectivity index (χ1n) is 9.15. The molecule has 2 aliphatic rings. The van der Waals surface area contributed by atoms with Crippen LogP contribution in [0.5, 0.6) is 0 Å². The number of carbonyl (C=O) groups is 2. The second-order valence-electron chi connectivity index (χ2n) is 6.76. The van der Waals surface area contributed by atoms with Crippen molar-refractivity contribution in [3.05, 3.63) is 59.7 Å². The lowest BCUT2D eigenvalue weighted by atomic mass is 10.0. The third kappa shape index (κ3) is 3.35. The molecule has 1 atom stereocenters. The largest absolute Gasteiger partial charge is 0.368 e. The Morgan fingerprint density at radius 3 is 2.81 bits per heavy atom. The minimum absolute atomic E-state index is 0.0367. The van der Waals surface area contributed by atoms with E-state index in [1.165, 1.54) is 5.56 Å². The van der Waals surface area contributed by atoms with Gasteiger partial charge in [-0.05, 0) is 55.5 Å². The number of anilines is 2. The molecule has 26 heavy (non-hydrogen) atoms. The average molecular weight is 350 g/mol. The molecular weight excluding hydrogens is 328 g/mol. The van der Waals surface area contributed by atoms with Crippen LogP contribution >= 0.6 is 0 Å².